The quantitative estimate of drug-likeness (QED) is 0.716. The van der Waals surface area contributed by atoms with E-state index < -0.39 is 5.91 Å². The molecular formula is C12H15FN2O2. The lowest BCUT2D eigenvalue weighted by Gasteiger charge is -2.32. The first-order valence-electron chi connectivity index (χ1n) is 5.56. The van der Waals surface area contributed by atoms with E-state index >= 15 is 0 Å². The van der Waals surface area contributed by atoms with E-state index in [9.17, 15) is 9.18 Å². The molecule has 4 N–H and O–H groups in total. The van der Waals surface area contributed by atoms with Crippen LogP contribution in [0, 0.1) is 5.82 Å². The molecule has 0 unspecified atom stereocenters. The number of carbonyl (C=O) groups excluding carboxylic acids is 1. The highest BCUT2D eigenvalue weighted by molar-refractivity contribution is 5.92. The van der Waals surface area contributed by atoms with Crippen molar-refractivity contribution in [2.75, 3.05) is 0 Å². The Labute approximate surface area is 98.6 Å². The average Bonchev–Trinajstić information content (AvgIpc) is 2.24. The van der Waals surface area contributed by atoms with Gasteiger partial charge >= 0.3 is 0 Å². The molecule has 92 valence electrons. The number of nitrogens with one attached hydrogen (secondary N) is 1. The van der Waals surface area contributed by atoms with Crippen molar-refractivity contribution in [3.05, 3.63) is 35.1 Å². The minimum atomic E-state index is -0.565. The van der Waals surface area contributed by atoms with E-state index in [1.165, 1.54) is 18.2 Å². The predicted octanol–water partition coefficient (Wildman–Crippen LogP) is 0.537. The molecule has 0 heterocycles. The molecule has 0 bridgehead atoms. The fourth-order valence-electron chi connectivity index (χ4n) is 1.87. The molecule has 0 spiro atoms. The van der Waals surface area contributed by atoms with Crippen molar-refractivity contribution < 1.29 is 14.3 Å². The van der Waals surface area contributed by atoms with Crippen LogP contribution in [0.2, 0.25) is 0 Å². The molecule has 0 aromatic heterocycles. The number of aliphatic hydroxyl groups excluding tert-OH is 1. The number of aliphatic hydroxyl groups is 1. The second-order valence-corrected chi connectivity index (χ2v) is 4.37. The lowest BCUT2D eigenvalue weighted by molar-refractivity contribution is 0.0618. The average molecular weight is 238 g/mol. The second-order valence-electron chi connectivity index (χ2n) is 4.37. The first kappa shape index (κ1) is 12.0. The first-order chi connectivity index (χ1) is 8.06. The Kier molecular flexibility index (Phi) is 3.40. The normalized spacial score (nSPS) is 23.2. The number of hydrogen-bond donors (Lipinski definition) is 3. The molecule has 17 heavy (non-hydrogen) atoms. The number of nitrogens with two attached hydrogens (primary N) is 1. The van der Waals surface area contributed by atoms with Crippen molar-refractivity contribution in [2.45, 2.75) is 31.5 Å². The Morgan fingerprint density at radius 2 is 2.24 bits per heavy atom. The van der Waals surface area contributed by atoms with E-state index in [-0.39, 0.29) is 18.0 Å². The number of hydrogen-bond acceptors (Lipinski definition) is 3. The van der Waals surface area contributed by atoms with Crippen LogP contribution in [0.3, 0.4) is 0 Å². The van der Waals surface area contributed by atoms with Gasteiger partial charge in [0, 0.05) is 23.7 Å². The summed E-state index contributed by atoms with van der Waals surface area (Å²) in [4.78, 5) is 11.0. The first-order valence-corrected chi connectivity index (χ1v) is 5.56. The van der Waals surface area contributed by atoms with Crippen molar-refractivity contribution in [3.63, 3.8) is 0 Å². The number of halogens is 1. The van der Waals surface area contributed by atoms with Crippen LogP contribution in [-0.4, -0.2) is 23.2 Å². The van der Waals surface area contributed by atoms with Crippen molar-refractivity contribution in [2.24, 2.45) is 5.73 Å². The van der Waals surface area contributed by atoms with Crippen LogP contribution in [0.4, 0.5) is 4.39 Å². The van der Waals surface area contributed by atoms with Gasteiger partial charge in [0.05, 0.1) is 6.10 Å². The third-order valence-corrected chi connectivity index (χ3v) is 3.02. The predicted molar refractivity (Wildman–Crippen MR) is 60.8 cm³/mol. The summed E-state index contributed by atoms with van der Waals surface area (Å²) in [7, 11) is 0. The lowest BCUT2D eigenvalue weighted by atomic mass is 9.89. The molecule has 1 aliphatic rings. The van der Waals surface area contributed by atoms with Gasteiger partial charge in [-0.1, -0.05) is 0 Å². The topological polar surface area (TPSA) is 75.4 Å². The van der Waals surface area contributed by atoms with Crippen molar-refractivity contribution >= 4 is 5.91 Å². The molecule has 4 nitrogen and oxygen atoms in total. The van der Waals surface area contributed by atoms with Crippen LogP contribution < -0.4 is 11.1 Å². The summed E-state index contributed by atoms with van der Waals surface area (Å²) in [5.74, 6) is -0.923. The zero-order valence-corrected chi connectivity index (χ0v) is 9.32. The Hall–Kier alpha value is -1.46. The minimum absolute atomic E-state index is 0.224. The van der Waals surface area contributed by atoms with E-state index in [1.54, 1.807) is 0 Å². The highest BCUT2D eigenvalue weighted by atomic mass is 19.1. The fraction of sp³-hybridized carbons (Fsp3) is 0.417. The highest BCUT2D eigenvalue weighted by Crippen LogP contribution is 2.20. The molecule has 2 rings (SSSR count). The number of primary amides is 1. The van der Waals surface area contributed by atoms with Gasteiger partial charge in [0.2, 0.25) is 5.91 Å². The molecule has 0 radical (unpaired) electrons. The zero-order chi connectivity index (χ0) is 12.4. The van der Waals surface area contributed by atoms with Gasteiger partial charge in [-0.25, -0.2) is 4.39 Å². The van der Waals surface area contributed by atoms with Gasteiger partial charge in [-0.05, 0) is 31.0 Å². The smallest absolute Gasteiger partial charge is 0.248 e. The number of rotatable bonds is 4. The Bertz CT molecular complexity index is 431. The number of amides is 1. The third-order valence-electron chi connectivity index (χ3n) is 3.02. The van der Waals surface area contributed by atoms with Crippen molar-refractivity contribution in [3.8, 4) is 0 Å². The zero-order valence-electron chi connectivity index (χ0n) is 9.32. The van der Waals surface area contributed by atoms with E-state index in [4.69, 9.17) is 10.8 Å². The molecule has 5 heteroatoms. The monoisotopic (exact) mass is 238 g/mol. The molecule has 0 aliphatic heterocycles. The lowest BCUT2D eigenvalue weighted by Crippen LogP contribution is -2.43. The second kappa shape index (κ2) is 4.81. The third kappa shape index (κ3) is 2.81. The molecule has 1 saturated carbocycles. The van der Waals surface area contributed by atoms with Crippen LogP contribution in [-0.2, 0) is 6.54 Å². The molecule has 0 saturated heterocycles. The van der Waals surface area contributed by atoms with Crippen molar-refractivity contribution in [1.29, 1.82) is 0 Å². The van der Waals surface area contributed by atoms with Crippen LogP contribution in [0.1, 0.15) is 28.8 Å². The number of carbonyl (C=O) groups is 1. The highest BCUT2D eigenvalue weighted by Gasteiger charge is 2.26. The maximum Gasteiger partial charge on any atom is 0.248 e. The van der Waals surface area contributed by atoms with Gasteiger partial charge in [-0.2, -0.15) is 0 Å². The summed E-state index contributed by atoms with van der Waals surface area (Å²) in [6.45, 7) is 0.338. The van der Waals surface area contributed by atoms with Gasteiger partial charge in [0.15, 0.2) is 0 Å². The van der Waals surface area contributed by atoms with Crippen LogP contribution in [0.25, 0.3) is 0 Å². The maximum atomic E-state index is 13.4. The summed E-state index contributed by atoms with van der Waals surface area (Å²) < 4.78 is 13.4. The SMILES string of the molecule is NC(=O)c1ccc(F)c(CNC2CC(O)C2)c1. The maximum absolute atomic E-state index is 13.4. The van der Waals surface area contributed by atoms with E-state index in [0.29, 0.717) is 30.5 Å². The molecule has 0 atom stereocenters. The van der Waals surface area contributed by atoms with Gasteiger partial charge in [-0.3, -0.25) is 4.79 Å². The molecule has 1 aromatic rings. The summed E-state index contributed by atoms with van der Waals surface area (Å²) in [5, 5.41) is 12.2. The van der Waals surface area contributed by atoms with Crippen molar-refractivity contribution in [1.82, 2.24) is 5.32 Å². The standard InChI is InChI=1S/C12H15FN2O2/c13-11-2-1-7(12(14)17)3-8(11)6-15-9-4-10(16)5-9/h1-3,9-10,15-16H,4-6H2,(H2,14,17). The van der Waals surface area contributed by atoms with Crippen LogP contribution in [0.15, 0.2) is 18.2 Å². The molecular weight excluding hydrogens is 223 g/mol. The minimum Gasteiger partial charge on any atom is -0.393 e. The summed E-state index contributed by atoms with van der Waals surface area (Å²) in [6, 6.07) is 4.29. The van der Waals surface area contributed by atoms with Gasteiger partial charge in [-0.15, -0.1) is 0 Å². The van der Waals surface area contributed by atoms with E-state index in [1.807, 2.05) is 0 Å². The number of benzene rings is 1. The van der Waals surface area contributed by atoms with Crippen LogP contribution >= 0.6 is 0 Å². The van der Waals surface area contributed by atoms with E-state index in [0.717, 1.165) is 0 Å². The Morgan fingerprint density at radius 3 is 2.82 bits per heavy atom. The largest absolute Gasteiger partial charge is 0.393 e. The summed E-state index contributed by atoms with van der Waals surface area (Å²) in [5.41, 5.74) is 5.85. The molecule has 1 aromatic carbocycles. The summed E-state index contributed by atoms with van der Waals surface area (Å²) in [6.07, 6.45) is 1.14. The van der Waals surface area contributed by atoms with Crippen LogP contribution in [0.5, 0.6) is 0 Å². The summed E-state index contributed by atoms with van der Waals surface area (Å²) >= 11 is 0. The molecule has 1 aliphatic carbocycles. The van der Waals surface area contributed by atoms with Gasteiger partial charge in [0.25, 0.3) is 0 Å². The Morgan fingerprint density at radius 1 is 1.53 bits per heavy atom. The van der Waals surface area contributed by atoms with E-state index in [2.05, 4.69) is 5.32 Å². The Balaban J connectivity index is 1.99. The molecule has 1 amide bonds. The van der Waals surface area contributed by atoms with Gasteiger partial charge < -0.3 is 16.2 Å². The molecule has 1 fully saturated rings. The van der Waals surface area contributed by atoms with Gasteiger partial charge in [0.1, 0.15) is 5.82 Å². The fourth-order valence-corrected chi connectivity index (χ4v) is 1.87.